The molecule has 4 nitrogen and oxygen atoms in total. The minimum atomic E-state index is -2.00. The van der Waals surface area contributed by atoms with Gasteiger partial charge in [0.05, 0.1) is 0 Å². The molecular formula is C8H22N2O2Si. The van der Waals surface area contributed by atoms with Gasteiger partial charge >= 0.3 is 8.56 Å². The molecule has 0 aliphatic rings. The van der Waals surface area contributed by atoms with Crippen LogP contribution in [0.4, 0.5) is 0 Å². The van der Waals surface area contributed by atoms with Crippen molar-refractivity contribution < 1.29 is 8.85 Å². The fourth-order valence-corrected chi connectivity index (χ4v) is 3.20. The van der Waals surface area contributed by atoms with Gasteiger partial charge in [-0.2, -0.15) is 0 Å². The molecule has 5 heteroatoms. The first-order valence-electron chi connectivity index (χ1n) is 4.55. The molecule has 0 bridgehead atoms. The molecule has 2 atom stereocenters. The highest BCUT2D eigenvalue weighted by atomic mass is 28.4. The van der Waals surface area contributed by atoms with Crippen LogP contribution >= 0.6 is 0 Å². The van der Waals surface area contributed by atoms with Gasteiger partial charge in [0.15, 0.2) is 0 Å². The molecule has 0 aromatic heterocycles. The Bertz CT molecular complexity index is 140. The van der Waals surface area contributed by atoms with Crippen molar-refractivity contribution in [2.24, 2.45) is 17.4 Å². The summed E-state index contributed by atoms with van der Waals surface area (Å²) in [4.78, 5) is 0. The van der Waals surface area contributed by atoms with Gasteiger partial charge in [-0.15, -0.1) is 0 Å². The summed E-state index contributed by atoms with van der Waals surface area (Å²) in [6.07, 6.45) is 0. The van der Waals surface area contributed by atoms with E-state index >= 15 is 0 Å². The molecule has 80 valence electrons. The zero-order chi connectivity index (χ0) is 10.5. The van der Waals surface area contributed by atoms with Crippen molar-refractivity contribution in [3.05, 3.63) is 0 Å². The monoisotopic (exact) mass is 206 g/mol. The van der Waals surface area contributed by atoms with Crippen molar-refractivity contribution in [2.45, 2.75) is 25.6 Å². The van der Waals surface area contributed by atoms with Gasteiger partial charge in [-0.1, -0.05) is 0 Å². The molecule has 0 amide bonds. The summed E-state index contributed by atoms with van der Waals surface area (Å²) in [5, 5.41) is 0. The number of hydrogen-bond donors (Lipinski definition) is 2. The molecule has 0 radical (unpaired) electrons. The summed E-state index contributed by atoms with van der Waals surface area (Å²) in [7, 11) is 1.37. The van der Waals surface area contributed by atoms with Crippen molar-refractivity contribution in [1.29, 1.82) is 0 Å². The van der Waals surface area contributed by atoms with E-state index in [-0.39, 0.29) is 12.0 Å². The van der Waals surface area contributed by atoms with Gasteiger partial charge in [0.2, 0.25) is 0 Å². The smallest absolute Gasteiger partial charge is 0.334 e. The molecule has 2 unspecified atom stereocenters. The predicted octanol–water partition coefficient (Wildman–Crippen LogP) is 0.273. The van der Waals surface area contributed by atoms with Crippen LogP contribution in [-0.4, -0.2) is 35.4 Å². The summed E-state index contributed by atoms with van der Waals surface area (Å²) in [6, 6.07) is 0.955. The summed E-state index contributed by atoms with van der Waals surface area (Å²) in [6.45, 7) is 4.59. The molecule has 0 aliphatic heterocycles. The Labute approximate surface area is 81.8 Å². The third-order valence-corrected chi connectivity index (χ3v) is 5.54. The third kappa shape index (κ3) is 4.19. The van der Waals surface area contributed by atoms with E-state index < -0.39 is 8.56 Å². The molecule has 4 N–H and O–H groups in total. The second-order valence-corrected chi connectivity index (χ2v) is 7.09. The molecule has 0 aliphatic carbocycles. The molecule has 0 rings (SSSR count). The van der Waals surface area contributed by atoms with Crippen molar-refractivity contribution >= 4 is 8.56 Å². The normalized spacial score (nSPS) is 17.1. The van der Waals surface area contributed by atoms with E-state index in [2.05, 4.69) is 0 Å². The molecule has 0 spiro atoms. The first-order valence-corrected chi connectivity index (χ1v) is 7.07. The van der Waals surface area contributed by atoms with Gasteiger partial charge < -0.3 is 20.3 Å². The van der Waals surface area contributed by atoms with E-state index in [1.807, 2.05) is 13.5 Å². The minimum Gasteiger partial charge on any atom is -0.398 e. The summed E-state index contributed by atoms with van der Waals surface area (Å²) < 4.78 is 10.8. The number of rotatable bonds is 6. The highest BCUT2D eigenvalue weighted by Crippen LogP contribution is 2.19. The molecule has 0 aromatic carbocycles. The predicted molar refractivity (Wildman–Crippen MR) is 56.6 cm³/mol. The molecular weight excluding hydrogens is 184 g/mol. The Morgan fingerprint density at radius 2 is 1.77 bits per heavy atom. The summed E-state index contributed by atoms with van der Waals surface area (Å²) in [5.74, 6) is 0.288. The zero-order valence-corrected chi connectivity index (χ0v) is 10.0. The maximum Gasteiger partial charge on any atom is 0.334 e. The van der Waals surface area contributed by atoms with Crippen LogP contribution in [0.2, 0.25) is 12.6 Å². The van der Waals surface area contributed by atoms with Gasteiger partial charge in [-0.05, 0) is 32.0 Å². The molecule has 0 fully saturated rings. The maximum absolute atomic E-state index is 5.79. The van der Waals surface area contributed by atoms with Crippen LogP contribution < -0.4 is 11.5 Å². The lowest BCUT2D eigenvalue weighted by Gasteiger charge is -2.29. The van der Waals surface area contributed by atoms with E-state index in [1.165, 1.54) is 0 Å². The SMILES string of the molecule is CO[Si](C)(CC(CN)C(C)N)OC. The van der Waals surface area contributed by atoms with Gasteiger partial charge in [0.1, 0.15) is 0 Å². The second kappa shape index (κ2) is 5.72. The van der Waals surface area contributed by atoms with Gasteiger partial charge in [-0.25, -0.2) is 0 Å². The van der Waals surface area contributed by atoms with E-state index in [4.69, 9.17) is 20.3 Å². The standard InChI is InChI=1S/C8H22N2O2Si/c1-7(10)8(5-9)6-13(4,11-2)12-3/h7-8H,5-6,9-10H2,1-4H3. The van der Waals surface area contributed by atoms with Crippen molar-refractivity contribution in [3.63, 3.8) is 0 Å². The summed E-state index contributed by atoms with van der Waals surface area (Å²) >= 11 is 0. The summed E-state index contributed by atoms with van der Waals surface area (Å²) in [5.41, 5.74) is 11.4. The lowest BCUT2D eigenvalue weighted by atomic mass is 10.1. The fraction of sp³-hybridized carbons (Fsp3) is 1.00. The lowest BCUT2D eigenvalue weighted by molar-refractivity contribution is 0.239. The Hall–Kier alpha value is 0.0569. The highest BCUT2D eigenvalue weighted by molar-refractivity contribution is 6.66. The second-order valence-electron chi connectivity index (χ2n) is 3.60. The van der Waals surface area contributed by atoms with Gasteiger partial charge in [-0.3, -0.25) is 0 Å². The van der Waals surface area contributed by atoms with Crippen molar-refractivity contribution in [3.8, 4) is 0 Å². The average molecular weight is 206 g/mol. The Kier molecular flexibility index (Phi) is 5.74. The molecule has 0 saturated carbocycles. The largest absolute Gasteiger partial charge is 0.398 e. The van der Waals surface area contributed by atoms with Crippen LogP contribution in [-0.2, 0) is 8.85 Å². The van der Waals surface area contributed by atoms with Crippen molar-refractivity contribution in [2.75, 3.05) is 20.8 Å². The van der Waals surface area contributed by atoms with Crippen LogP contribution in [0.5, 0.6) is 0 Å². The number of hydrogen-bond acceptors (Lipinski definition) is 4. The lowest BCUT2D eigenvalue weighted by Crippen LogP contribution is -2.44. The van der Waals surface area contributed by atoms with Crippen LogP contribution in [0.15, 0.2) is 0 Å². The van der Waals surface area contributed by atoms with Gasteiger partial charge in [0.25, 0.3) is 0 Å². The topological polar surface area (TPSA) is 70.5 Å². The van der Waals surface area contributed by atoms with E-state index in [0.29, 0.717) is 6.54 Å². The van der Waals surface area contributed by atoms with Crippen LogP contribution in [0, 0.1) is 5.92 Å². The van der Waals surface area contributed by atoms with E-state index in [0.717, 1.165) is 6.04 Å². The Morgan fingerprint density at radius 3 is 2.00 bits per heavy atom. The highest BCUT2D eigenvalue weighted by Gasteiger charge is 2.33. The Morgan fingerprint density at radius 1 is 1.31 bits per heavy atom. The Balaban J connectivity index is 4.19. The van der Waals surface area contributed by atoms with E-state index in [9.17, 15) is 0 Å². The fourth-order valence-electron chi connectivity index (χ4n) is 1.21. The molecule has 0 heterocycles. The van der Waals surface area contributed by atoms with Crippen LogP contribution in [0.3, 0.4) is 0 Å². The van der Waals surface area contributed by atoms with E-state index in [1.54, 1.807) is 14.2 Å². The average Bonchev–Trinajstić information content (AvgIpc) is 2.13. The first-order chi connectivity index (χ1) is 5.99. The molecule has 0 saturated heterocycles. The quantitative estimate of drug-likeness (QED) is 0.612. The van der Waals surface area contributed by atoms with Crippen LogP contribution in [0.1, 0.15) is 6.92 Å². The maximum atomic E-state index is 5.79. The zero-order valence-electron chi connectivity index (χ0n) is 9.04. The molecule has 0 aromatic rings. The van der Waals surface area contributed by atoms with Crippen molar-refractivity contribution in [1.82, 2.24) is 0 Å². The van der Waals surface area contributed by atoms with Crippen LogP contribution in [0.25, 0.3) is 0 Å². The van der Waals surface area contributed by atoms with Gasteiger partial charge in [0, 0.05) is 20.3 Å². The minimum absolute atomic E-state index is 0.0992. The first kappa shape index (κ1) is 13.1. The number of nitrogens with two attached hydrogens (primary N) is 2. The molecule has 13 heavy (non-hydrogen) atoms. The third-order valence-electron chi connectivity index (χ3n) is 2.54.